The number of anilines is 1. The Kier molecular flexibility index (Phi) is 8.08. The standard InChI is InChI=1S/C34H36N4O5/c1-19-9-8-14-36-32(19)38-33(41)28-20(2)37-24-16-34(3,4)17-25(39)30(24)29(28)21-12-13-26(42-5)22(15-21)18-43-27-11-7-6-10-23(27)31(35)40/h6-15,29,37H,16-18H2,1-5H3,(H2,35,40)(H,36,38,41)/t29-/m0/s1. The second-order valence-corrected chi connectivity index (χ2v) is 11.8. The number of Topliss-reactive ketones (excluding diaryl/α,β-unsaturated/α-hetero) is 1. The molecule has 3 aromatic rings. The quantitative estimate of drug-likeness (QED) is 0.329. The third kappa shape index (κ3) is 6.02. The summed E-state index contributed by atoms with van der Waals surface area (Å²) in [6.45, 7) is 7.94. The molecule has 9 heteroatoms. The number of aromatic nitrogens is 1. The number of primary amides is 1. The van der Waals surface area contributed by atoms with Crippen molar-refractivity contribution in [2.75, 3.05) is 12.4 Å². The van der Waals surface area contributed by atoms with Crippen molar-refractivity contribution in [1.82, 2.24) is 10.3 Å². The van der Waals surface area contributed by atoms with Crippen LogP contribution in [0.2, 0.25) is 0 Å². The number of carbonyl (C=O) groups excluding carboxylic acids is 3. The molecule has 222 valence electrons. The molecule has 5 rings (SSSR count). The number of aryl methyl sites for hydroxylation is 1. The first kappa shape index (κ1) is 29.6. The highest BCUT2D eigenvalue weighted by atomic mass is 16.5. The van der Waals surface area contributed by atoms with E-state index in [0.29, 0.717) is 52.6 Å². The lowest BCUT2D eigenvalue weighted by molar-refractivity contribution is -0.118. The summed E-state index contributed by atoms with van der Waals surface area (Å²) in [6, 6.07) is 16.0. The highest BCUT2D eigenvalue weighted by molar-refractivity contribution is 6.09. The smallest absolute Gasteiger partial charge is 0.255 e. The number of rotatable bonds is 8. The van der Waals surface area contributed by atoms with Crippen molar-refractivity contribution < 1.29 is 23.9 Å². The highest BCUT2D eigenvalue weighted by Gasteiger charge is 2.43. The lowest BCUT2D eigenvalue weighted by atomic mass is 9.68. The van der Waals surface area contributed by atoms with Crippen molar-refractivity contribution in [2.45, 2.75) is 53.1 Å². The summed E-state index contributed by atoms with van der Waals surface area (Å²) < 4.78 is 11.7. The van der Waals surface area contributed by atoms with Crippen LogP contribution in [0.5, 0.6) is 11.5 Å². The average Bonchev–Trinajstić information content (AvgIpc) is 2.95. The minimum absolute atomic E-state index is 0.000398. The molecule has 0 unspecified atom stereocenters. The van der Waals surface area contributed by atoms with Gasteiger partial charge in [0.15, 0.2) is 5.78 Å². The van der Waals surface area contributed by atoms with Crippen molar-refractivity contribution in [1.29, 1.82) is 0 Å². The van der Waals surface area contributed by atoms with Gasteiger partial charge in [-0.05, 0) is 67.1 Å². The number of carbonyl (C=O) groups is 3. The van der Waals surface area contributed by atoms with Gasteiger partial charge in [0.2, 0.25) is 0 Å². The Balaban J connectivity index is 1.58. The number of ketones is 1. The van der Waals surface area contributed by atoms with Crippen LogP contribution in [0.3, 0.4) is 0 Å². The molecule has 0 radical (unpaired) electrons. The number of allylic oxidation sites excluding steroid dienone is 3. The largest absolute Gasteiger partial charge is 0.496 e. The summed E-state index contributed by atoms with van der Waals surface area (Å²) in [5, 5.41) is 6.36. The SMILES string of the molecule is COc1ccc([C@H]2C(C(=O)Nc3ncccc3C)=C(C)NC3=C2C(=O)CC(C)(C)C3)cc1COc1ccccc1C(N)=O. The van der Waals surface area contributed by atoms with Crippen LogP contribution in [0.15, 0.2) is 83.3 Å². The molecule has 2 amide bonds. The van der Waals surface area contributed by atoms with Crippen molar-refractivity contribution in [2.24, 2.45) is 11.1 Å². The molecular formula is C34H36N4O5. The summed E-state index contributed by atoms with van der Waals surface area (Å²) in [5.74, 6) is -0.199. The zero-order chi connectivity index (χ0) is 30.9. The monoisotopic (exact) mass is 580 g/mol. The summed E-state index contributed by atoms with van der Waals surface area (Å²) in [7, 11) is 1.56. The summed E-state index contributed by atoms with van der Waals surface area (Å²) >= 11 is 0. The molecule has 1 aliphatic heterocycles. The van der Waals surface area contributed by atoms with Crippen LogP contribution >= 0.6 is 0 Å². The normalized spacial score (nSPS) is 17.6. The first-order valence-corrected chi connectivity index (χ1v) is 14.1. The molecule has 0 fully saturated rings. The van der Waals surface area contributed by atoms with Gasteiger partial charge in [0.25, 0.3) is 11.8 Å². The Hall–Kier alpha value is -4.92. The topological polar surface area (TPSA) is 133 Å². The van der Waals surface area contributed by atoms with Crippen molar-refractivity contribution in [3.8, 4) is 11.5 Å². The van der Waals surface area contributed by atoms with Gasteiger partial charge in [0.1, 0.15) is 23.9 Å². The van der Waals surface area contributed by atoms with E-state index >= 15 is 0 Å². The van der Waals surface area contributed by atoms with Crippen LogP contribution in [-0.4, -0.2) is 29.7 Å². The van der Waals surface area contributed by atoms with Gasteiger partial charge in [-0.2, -0.15) is 0 Å². The Morgan fingerprint density at radius 1 is 1.07 bits per heavy atom. The maximum Gasteiger partial charge on any atom is 0.255 e. The fraction of sp³-hybridized carbons (Fsp3) is 0.294. The van der Waals surface area contributed by atoms with Crippen LogP contribution in [-0.2, 0) is 16.2 Å². The van der Waals surface area contributed by atoms with Crippen LogP contribution < -0.4 is 25.8 Å². The minimum Gasteiger partial charge on any atom is -0.496 e. The zero-order valence-corrected chi connectivity index (χ0v) is 25.0. The van der Waals surface area contributed by atoms with Crippen LogP contribution in [0.25, 0.3) is 0 Å². The molecule has 2 aromatic carbocycles. The summed E-state index contributed by atoms with van der Waals surface area (Å²) in [6.07, 6.45) is 2.67. The van der Waals surface area contributed by atoms with E-state index in [2.05, 4.69) is 29.5 Å². The molecule has 0 saturated carbocycles. The maximum atomic E-state index is 14.0. The fourth-order valence-corrected chi connectivity index (χ4v) is 5.90. The lowest BCUT2D eigenvalue weighted by Crippen LogP contribution is -2.39. The molecule has 1 atom stereocenters. The predicted octanol–water partition coefficient (Wildman–Crippen LogP) is 5.32. The van der Waals surface area contributed by atoms with Gasteiger partial charge in [-0.3, -0.25) is 14.4 Å². The molecule has 0 saturated heterocycles. The van der Waals surface area contributed by atoms with E-state index in [9.17, 15) is 14.4 Å². The fourth-order valence-electron chi connectivity index (χ4n) is 5.90. The molecule has 4 N–H and O–H groups in total. The molecule has 1 aliphatic carbocycles. The number of para-hydroxylation sites is 1. The number of hydrogen-bond acceptors (Lipinski definition) is 7. The molecule has 9 nitrogen and oxygen atoms in total. The van der Waals surface area contributed by atoms with Crippen molar-refractivity contribution >= 4 is 23.4 Å². The van der Waals surface area contributed by atoms with Gasteiger partial charge in [-0.25, -0.2) is 4.98 Å². The number of nitrogens with two attached hydrogens (primary N) is 1. The van der Waals surface area contributed by atoms with E-state index in [1.807, 2.05) is 38.1 Å². The Morgan fingerprint density at radius 2 is 1.84 bits per heavy atom. The molecule has 0 spiro atoms. The van der Waals surface area contributed by atoms with E-state index < -0.39 is 11.8 Å². The molecular weight excluding hydrogens is 544 g/mol. The second kappa shape index (κ2) is 11.8. The summed E-state index contributed by atoms with van der Waals surface area (Å²) in [5.41, 5.74) is 10.4. The van der Waals surface area contributed by atoms with E-state index in [1.165, 1.54) is 0 Å². The van der Waals surface area contributed by atoms with Gasteiger partial charge >= 0.3 is 0 Å². The third-order valence-corrected chi connectivity index (χ3v) is 7.90. The number of methoxy groups -OCH3 is 1. The van der Waals surface area contributed by atoms with E-state index in [1.54, 1.807) is 43.6 Å². The molecule has 2 aliphatic rings. The van der Waals surface area contributed by atoms with Crippen molar-refractivity contribution in [3.63, 3.8) is 0 Å². The number of nitrogens with zero attached hydrogens (tertiary/aromatic N) is 1. The number of dihydropyridines is 1. The minimum atomic E-state index is -0.633. The highest BCUT2D eigenvalue weighted by Crippen LogP contribution is 2.47. The number of amides is 2. The van der Waals surface area contributed by atoms with E-state index in [4.69, 9.17) is 15.2 Å². The Morgan fingerprint density at radius 3 is 2.56 bits per heavy atom. The number of hydrogen-bond donors (Lipinski definition) is 3. The van der Waals surface area contributed by atoms with Crippen molar-refractivity contribution in [3.05, 3.63) is 106 Å². The Bertz CT molecular complexity index is 1690. The predicted molar refractivity (Wildman–Crippen MR) is 164 cm³/mol. The number of benzene rings is 2. The zero-order valence-electron chi connectivity index (χ0n) is 25.0. The lowest BCUT2D eigenvalue weighted by Gasteiger charge is -2.39. The molecule has 2 heterocycles. The second-order valence-electron chi connectivity index (χ2n) is 11.8. The first-order chi connectivity index (χ1) is 20.5. The maximum absolute atomic E-state index is 14.0. The molecule has 43 heavy (non-hydrogen) atoms. The summed E-state index contributed by atoms with van der Waals surface area (Å²) in [4.78, 5) is 44.0. The van der Waals surface area contributed by atoms with E-state index in [-0.39, 0.29) is 29.3 Å². The van der Waals surface area contributed by atoms with Gasteiger partial charge in [0, 0.05) is 46.6 Å². The Labute approximate surface area is 251 Å². The van der Waals surface area contributed by atoms with Crippen LogP contribution in [0.4, 0.5) is 5.82 Å². The number of pyridine rings is 1. The van der Waals surface area contributed by atoms with Gasteiger partial charge in [0.05, 0.1) is 12.7 Å². The van der Waals surface area contributed by atoms with Gasteiger partial charge in [-0.1, -0.05) is 38.1 Å². The first-order valence-electron chi connectivity index (χ1n) is 14.1. The van der Waals surface area contributed by atoms with Crippen LogP contribution in [0, 0.1) is 12.3 Å². The molecule has 0 bridgehead atoms. The average molecular weight is 581 g/mol. The van der Waals surface area contributed by atoms with E-state index in [0.717, 1.165) is 16.8 Å². The number of ether oxygens (including phenoxy) is 2. The molecule has 1 aromatic heterocycles. The van der Waals surface area contributed by atoms with Gasteiger partial charge < -0.3 is 25.8 Å². The number of nitrogens with one attached hydrogen (secondary N) is 2. The third-order valence-electron chi connectivity index (χ3n) is 7.90. The van der Waals surface area contributed by atoms with Crippen LogP contribution in [0.1, 0.15) is 66.6 Å². The van der Waals surface area contributed by atoms with Gasteiger partial charge in [-0.15, -0.1) is 0 Å².